The van der Waals surface area contributed by atoms with Gasteiger partial charge in [0.25, 0.3) is 5.91 Å². The van der Waals surface area contributed by atoms with E-state index in [2.05, 4.69) is 10.1 Å². The van der Waals surface area contributed by atoms with E-state index in [9.17, 15) is 13.6 Å². The summed E-state index contributed by atoms with van der Waals surface area (Å²) in [6, 6.07) is 17.3. The lowest BCUT2D eigenvalue weighted by molar-refractivity contribution is -0.0512. The van der Waals surface area contributed by atoms with Gasteiger partial charge in [0.1, 0.15) is 0 Å². The van der Waals surface area contributed by atoms with Crippen molar-refractivity contribution >= 4 is 22.4 Å². The van der Waals surface area contributed by atoms with Gasteiger partial charge in [0.2, 0.25) is 0 Å². The zero-order valence-electron chi connectivity index (χ0n) is 13.3. The van der Waals surface area contributed by atoms with Gasteiger partial charge in [0.15, 0.2) is 11.5 Å². The van der Waals surface area contributed by atoms with Crippen LogP contribution in [-0.4, -0.2) is 19.6 Å². The van der Waals surface area contributed by atoms with Crippen LogP contribution in [0, 0.1) is 0 Å². The first-order chi connectivity index (χ1) is 12.1. The Bertz CT molecular complexity index is 907. The molecule has 0 saturated carbocycles. The topological polar surface area (TPSA) is 47.6 Å². The summed E-state index contributed by atoms with van der Waals surface area (Å²) in [5.41, 5.74) is 0.932. The van der Waals surface area contributed by atoms with Gasteiger partial charge in [-0.15, -0.1) is 0 Å². The molecule has 0 aliphatic heterocycles. The van der Waals surface area contributed by atoms with Gasteiger partial charge in [-0.3, -0.25) is 4.79 Å². The Morgan fingerprint density at radius 2 is 1.76 bits per heavy atom. The number of carbonyl (C=O) groups excluding carboxylic acids is 1. The number of nitrogens with one attached hydrogen (secondary N) is 1. The van der Waals surface area contributed by atoms with Gasteiger partial charge in [-0.25, -0.2) is 0 Å². The Kier molecular flexibility index (Phi) is 4.79. The zero-order valence-corrected chi connectivity index (χ0v) is 13.3. The summed E-state index contributed by atoms with van der Waals surface area (Å²) in [6.07, 6.45) is 0. The molecule has 0 fully saturated rings. The molecular weight excluding hydrogens is 328 g/mol. The molecule has 3 aromatic carbocycles. The minimum Gasteiger partial charge on any atom is -0.493 e. The van der Waals surface area contributed by atoms with Crippen molar-refractivity contribution in [3.63, 3.8) is 0 Å². The van der Waals surface area contributed by atoms with Crippen molar-refractivity contribution in [2.45, 2.75) is 6.61 Å². The second kappa shape index (κ2) is 7.17. The van der Waals surface area contributed by atoms with E-state index in [1.807, 2.05) is 36.4 Å². The summed E-state index contributed by atoms with van der Waals surface area (Å²) in [5, 5.41) is 4.73. The van der Waals surface area contributed by atoms with Gasteiger partial charge in [-0.05, 0) is 29.7 Å². The van der Waals surface area contributed by atoms with Crippen molar-refractivity contribution in [1.29, 1.82) is 0 Å². The first kappa shape index (κ1) is 16.7. The number of amides is 1. The van der Waals surface area contributed by atoms with Crippen LogP contribution in [0.5, 0.6) is 11.5 Å². The first-order valence-electron chi connectivity index (χ1n) is 7.50. The second-order valence-electron chi connectivity index (χ2n) is 5.22. The lowest BCUT2D eigenvalue weighted by Crippen LogP contribution is -2.12. The lowest BCUT2D eigenvalue weighted by atomic mass is 10.1. The summed E-state index contributed by atoms with van der Waals surface area (Å²) in [5.74, 6) is -0.441. The van der Waals surface area contributed by atoms with Gasteiger partial charge in [0.05, 0.1) is 7.11 Å². The molecule has 0 aromatic heterocycles. The minimum absolute atomic E-state index is 0.0610. The number of halogens is 2. The molecule has 0 aliphatic rings. The van der Waals surface area contributed by atoms with Crippen LogP contribution in [0.2, 0.25) is 0 Å². The van der Waals surface area contributed by atoms with Crippen LogP contribution in [0.15, 0.2) is 60.7 Å². The number of benzene rings is 3. The quantitative estimate of drug-likeness (QED) is 0.730. The molecule has 0 atom stereocenters. The predicted octanol–water partition coefficient (Wildman–Crippen LogP) is 4.70. The average Bonchev–Trinajstić information content (AvgIpc) is 2.62. The average molecular weight is 343 g/mol. The van der Waals surface area contributed by atoms with Crippen LogP contribution < -0.4 is 14.8 Å². The molecule has 0 heterocycles. The molecule has 25 heavy (non-hydrogen) atoms. The Balaban J connectivity index is 1.88. The molecule has 1 amide bonds. The first-order valence-corrected chi connectivity index (χ1v) is 7.50. The normalized spacial score (nSPS) is 10.7. The smallest absolute Gasteiger partial charge is 0.387 e. The van der Waals surface area contributed by atoms with Crippen LogP contribution >= 0.6 is 0 Å². The predicted molar refractivity (Wildman–Crippen MR) is 91.5 cm³/mol. The molecule has 6 heteroatoms. The number of hydrogen-bond donors (Lipinski definition) is 1. The molecule has 0 radical (unpaired) electrons. The molecule has 0 aliphatic carbocycles. The van der Waals surface area contributed by atoms with Crippen LogP contribution in [0.1, 0.15) is 10.4 Å². The van der Waals surface area contributed by atoms with Gasteiger partial charge in [0, 0.05) is 16.6 Å². The molecule has 0 saturated heterocycles. The third kappa shape index (κ3) is 3.68. The van der Waals surface area contributed by atoms with Crippen molar-refractivity contribution in [3.05, 3.63) is 66.2 Å². The maximum Gasteiger partial charge on any atom is 0.387 e. The zero-order chi connectivity index (χ0) is 17.8. The van der Waals surface area contributed by atoms with E-state index in [0.717, 1.165) is 10.8 Å². The fourth-order valence-electron chi connectivity index (χ4n) is 2.53. The number of carbonyl (C=O) groups is 1. The second-order valence-corrected chi connectivity index (χ2v) is 5.22. The highest BCUT2D eigenvalue weighted by molar-refractivity contribution is 6.09. The highest BCUT2D eigenvalue weighted by Gasteiger charge is 2.15. The van der Waals surface area contributed by atoms with E-state index in [0.29, 0.717) is 5.69 Å². The highest BCUT2D eigenvalue weighted by Crippen LogP contribution is 2.30. The summed E-state index contributed by atoms with van der Waals surface area (Å²) in [4.78, 5) is 12.5. The summed E-state index contributed by atoms with van der Waals surface area (Å²) in [7, 11) is 1.32. The van der Waals surface area contributed by atoms with Gasteiger partial charge in [-0.2, -0.15) is 8.78 Å². The Hall–Kier alpha value is -3.15. The summed E-state index contributed by atoms with van der Waals surface area (Å²) in [6.45, 7) is -2.97. The number of anilines is 1. The molecule has 1 N–H and O–H groups in total. The highest BCUT2D eigenvalue weighted by atomic mass is 19.3. The van der Waals surface area contributed by atoms with Gasteiger partial charge >= 0.3 is 6.61 Å². The maximum atomic E-state index is 12.5. The van der Waals surface area contributed by atoms with E-state index in [1.54, 1.807) is 6.07 Å². The van der Waals surface area contributed by atoms with Crippen molar-refractivity contribution in [3.8, 4) is 11.5 Å². The standard InChI is InChI=1S/C19H15F2NO3/c1-24-17-11-13(9-10-16(17)25-19(20)21)18(23)22-15-8-4-6-12-5-2-3-7-14(12)15/h2-11,19H,1H3,(H,22,23). The van der Waals surface area contributed by atoms with Crippen molar-refractivity contribution in [2.24, 2.45) is 0 Å². The molecule has 128 valence electrons. The molecule has 4 nitrogen and oxygen atoms in total. The summed E-state index contributed by atoms with van der Waals surface area (Å²) < 4.78 is 34.1. The van der Waals surface area contributed by atoms with E-state index in [1.165, 1.54) is 25.3 Å². The van der Waals surface area contributed by atoms with Crippen LogP contribution in [-0.2, 0) is 0 Å². The fourth-order valence-corrected chi connectivity index (χ4v) is 2.53. The number of methoxy groups -OCH3 is 1. The van der Waals surface area contributed by atoms with Gasteiger partial charge in [-0.1, -0.05) is 36.4 Å². The largest absolute Gasteiger partial charge is 0.493 e. The van der Waals surface area contributed by atoms with E-state index in [4.69, 9.17) is 4.74 Å². The number of fused-ring (bicyclic) bond motifs is 1. The van der Waals surface area contributed by atoms with Gasteiger partial charge < -0.3 is 14.8 Å². The van der Waals surface area contributed by atoms with E-state index in [-0.39, 0.29) is 23.0 Å². The Morgan fingerprint density at radius 1 is 1.00 bits per heavy atom. The fraction of sp³-hybridized carbons (Fsp3) is 0.105. The SMILES string of the molecule is COc1cc(C(=O)Nc2cccc3ccccc23)ccc1OC(F)F. The molecule has 3 aromatic rings. The van der Waals surface area contributed by atoms with Crippen molar-refractivity contribution in [2.75, 3.05) is 12.4 Å². The van der Waals surface area contributed by atoms with E-state index < -0.39 is 6.61 Å². The van der Waals surface area contributed by atoms with E-state index >= 15 is 0 Å². The molecule has 0 spiro atoms. The third-order valence-electron chi connectivity index (χ3n) is 3.68. The maximum absolute atomic E-state index is 12.5. The van der Waals surface area contributed by atoms with Crippen molar-refractivity contribution < 1.29 is 23.0 Å². The van der Waals surface area contributed by atoms with Crippen molar-refractivity contribution in [1.82, 2.24) is 0 Å². The van der Waals surface area contributed by atoms with Crippen LogP contribution in [0.25, 0.3) is 10.8 Å². The van der Waals surface area contributed by atoms with Crippen LogP contribution in [0.4, 0.5) is 14.5 Å². The minimum atomic E-state index is -2.97. The molecule has 3 rings (SSSR count). The number of alkyl halides is 2. The Morgan fingerprint density at radius 3 is 2.52 bits per heavy atom. The summed E-state index contributed by atoms with van der Waals surface area (Å²) >= 11 is 0. The molecule has 0 bridgehead atoms. The van der Waals surface area contributed by atoms with Crippen LogP contribution in [0.3, 0.4) is 0 Å². The molecule has 0 unspecified atom stereocenters. The lowest BCUT2D eigenvalue weighted by Gasteiger charge is -2.12. The monoisotopic (exact) mass is 343 g/mol. The number of rotatable bonds is 5. The molecular formula is C19H15F2NO3. The number of hydrogen-bond acceptors (Lipinski definition) is 3. The Labute approximate surface area is 143 Å². The third-order valence-corrected chi connectivity index (χ3v) is 3.68. The number of ether oxygens (including phenoxy) is 2.